The Morgan fingerprint density at radius 3 is 2.42 bits per heavy atom. The molecule has 1 aliphatic heterocycles. The van der Waals surface area contributed by atoms with E-state index in [2.05, 4.69) is 0 Å². The molecule has 0 spiro atoms. The van der Waals surface area contributed by atoms with Crippen LogP contribution in [0.15, 0.2) is 24.3 Å². The molecule has 1 amide bonds. The molecule has 0 bridgehead atoms. The Labute approximate surface area is 141 Å². The van der Waals surface area contributed by atoms with Crippen LogP contribution in [0.25, 0.3) is 0 Å². The number of nitrogens with zero attached hydrogens (tertiary/aromatic N) is 1. The van der Waals surface area contributed by atoms with Crippen molar-refractivity contribution in [3.63, 3.8) is 0 Å². The van der Waals surface area contributed by atoms with Crippen LogP contribution in [0.2, 0.25) is 0 Å². The van der Waals surface area contributed by atoms with Crippen molar-refractivity contribution < 1.29 is 23.1 Å². The average Bonchev–Trinajstić information content (AvgIpc) is 3.03. The lowest BCUT2D eigenvalue weighted by Gasteiger charge is -2.38. The lowest BCUT2D eigenvalue weighted by molar-refractivity contribution is -0.142. The molecule has 1 heterocycles. The normalized spacial score (nSPS) is 22.9. The van der Waals surface area contributed by atoms with Gasteiger partial charge in [-0.15, -0.1) is 0 Å². The van der Waals surface area contributed by atoms with E-state index >= 15 is 0 Å². The first-order valence-electron chi connectivity index (χ1n) is 8.06. The average molecular weight is 351 g/mol. The van der Waals surface area contributed by atoms with Crippen LogP contribution in [0.1, 0.15) is 42.7 Å². The topological polar surface area (TPSA) is 91.8 Å². The van der Waals surface area contributed by atoms with Gasteiger partial charge in [-0.1, -0.05) is 37.1 Å². The number of carbonyl (C=O) groups excluding carboxylic acids is 1. The molecule has 1 aliphatic carbocycles. The summed E-state index contributed by atoms with van der Waals surface area (Å²) in [5, 5.41) is 9.52. The fraction of sp³-hybridized carbons (Fsp3) is 0.529. The van der Waals surface area contributed by atoms with Gasteiger partial charge in [0.15, 0.2) is 14.6 Å². The summed E-state index contributed by atoms with van der Waals surface area (Å²) in [4.78, 5) is 26.2. The van der Waals surface area contributed by atoms with Crippen LogP contribution in [0.5, 0.6) is 0 Å². The summed E-state index contributed by atoms with van der Waals surface area (Å²) in [6.07, 6.45) is 3.15. The summed E-state index contributed by atoms with van der Waals surface area (Å²) in [6, 6.07) is 7.14. The number of hydrogen-bond donors (Lipinski definition) is 1. The van der Waals surface area contributed by atoms with Crippen molar-refractivity contribution in [3.8, 4) is 0 Å². The van der Waals surface area contributed by atoms with E-state index in [0.717, 1.165) is 11.8 Å². The van der Waals surface area contributed by atoms with E-state index in [-0.39, 0.29) is 13.1 Å². The zero-order valence-electron chi connectivity index (χ0n) is 13.6. The highest BCUT2D eigenvalue weighted by Gasteiger charge is 2.52. The molecule has 1 unspecified atom stereocenters. The van der Waals surface area contributed by atoms with Gasteiger partial charge in [0.25, 0.3) is 0 Å². The molecular formula is C17H21NO5S. The highest BCUT2D eigenvalue weighted by atomic mass is 32.2. The summed E-state index contributed by atoms with van der Waals surface area (Å²) < 4.78 is 23.3. The predicted molar refractivity (Wildman–Crippen MR) is 88.3 cm³/mol. The molecule has 0 aromatic heterocycles. The fourth-order valence-electron chi connectivity index (χ4n) is 3.95. The van der Waals surface area contributed by atoms with Crippen LogP contribution in [0.4, 0.5) is 0 Å². The zero-order valence-corrected chi connectivity index (χ0v) is 14.4. The maximum absolute atomic E-state index is 13.1. The Hall–Kier alpha value is -1.89. The molecule has 130 valence electrons. The first kappa shape index (κ1) is 17.0. The predicted octanol–water partition coefficient (Wildman–Crippen LogP) is 1.55. The van der Waals surface area contributed by atoms with Crippen LogP contribution >= 0.6 is 0 Å². The molecule has 7 heteroatoms. The van der Waals surface area contributed by atoms with Crippen molar-refractivity contribution in [1.29, 1.82) is 0 Å². The van der Waals surface area contributed by atoms with Gasteiger partial charge in [-0.05, 0) is 24.0 Å². The Bertz CT molecular complexity index is 780. The smallest absolute Gasteiger partial charge is 0.312 e. The van der Waals surface area contributed by atoms with E-state index in [4.69, 9.17) is 0 Å². The number of benzene rings is 1. The number of amides is 1. The number of carboxylic acids is 1. The van der Waals surface area contributed by atoms with Crippen LogP contribution in [-0.4, -0.2) is 47.8 Å². The number of carbonyl (C=O) groups is 2. The second-order valence-corrected chi connectivity index (χ2v) is 9.07. The monoisotopic (exact) mass is 351 g/mol. The molecule has 0 saturated heterocycles. The van der Waals surface area contributed by atoms with Gasteiger partial charge in [0, 0.05) is 19.3 Å². The molecule has 1 fully saturated rings. The molecule has 1 aromatic carbocycles. The lowest BCUT2D eigenvalue weighted by Crippen LogP contribution is -2.54. The van der Waals surface area contributed by atoms with E-state index in [9.17, 15) is 23.1 Å². The van der Waals surface area contributed by atoms with Gasteiger partial charge in [-0.3, -0.25) is 9.59 Å². The highest BCUT2D eigenvalue weighted by Crippen LogP contribution is 2.40. The quantitative estimate of drug-likeness (QED) is 0.892. The SMILES string of the molecule is CS(=O)(=O)C1(C(=O)N2Cc3ccccc3C(C(=O)O)C2)CCCC1. The van der Waals surface area contributed by atoms with E-state index in [1.807, 2.05) is 0 Å². The van der Waals surface area contributed by atoms with E-state index in [0.29, 0.717) is 31.2 Å². The molecule has 6 nitrogen and oxygen atoms in total. The van der Waals surface area contributed by atoms with Gasteiger partial charge >= 0.3 is 5.97 Å². The number of aliphatic carboxylic acids is 1. The molecule has 1 atom stereocenters. The second kappa shape index (κ2) is 5.88. The summed E-state index contributed by atoms with van der Waals surface area (Å²) >= 11 is 0. The first-order valence-corrected chi connectivity index (χ1v) is 9.95. The largest absolute Gasteiger partial charge is 0.481 e. The summed E-state index contributed by atoms with van der Waals surface area (Å²) in [6.45, 7) is 0.276. The molecule has 0 radical (unpaired) electrons. The van der Waals surface area contributed by atoms with Crippen LogP contribution in [-0.2, 0) is 26.0 Å². The third kappa shape index (κ3) is 2.60. The number of fused-ring (bicyclic) bond motifs is 1. The number of carboxylic acid groups (broad SMARTS) is 1. The van der Waals surface area contributed by atoms with Crippen molar-refractivity contribution in [2.75, 3.05) is 12.8 Å². The summed E-state index contributed by atoms with van der Waals surface area (Å²) in [5.74, 6) is -2.26. The van der Waals surface area contributed by atoms with E-state index in [1.54, 1.807) is 24.3 Å². The molecule has 3 rings (SSSR count). The standard InChI is InChI=1S/C17H21NO5S/c1-24(22,23)17(8-4-5-9-17)16(21)18-10-12-6-2-3-7-13(12)14(11-18)15(19)20/h2-3,6-7,14H,4-5,8-11H2,1H3,(H,19,20). The number of hydrogen-bond acceptors (Lipinski definition) is 4. The zero-order chi connectivity index (χ0) is 17.5. The number of rotatable bonds is 3. The minimum absolute atomic E-state index is 0.0163. The molecule has 1 aromatic rings. The van der Waals surface area contributed by atoms with Crippen molar-refractivity contribution in [1.82, 2.24) is 4.90 Å². The molecule has 24 heavy (non-hydrogen) atoms. The van der Waals surface area contributed by atoms with Crippen molar-refractivity contribution in [3.05, 3.63) is 35.4 Å². The highest BCUT2D eigenvalue weighted by molar-refractivity contribution is 7.92. The first-order chi connectivity index (χ1) is 11.3. The molecule has 1 saturated carbocycles. The number of sulfone groups is 1. The van der Waals surface area contributed by atoms with Gasteiger partial charge < -0.3 is 10.0 Å². The van der Waals surface area contributed by atoms with Crippen LogP contribution in [0.3, 0.4) is 0 Å². The maximum atomic E-state index is 13.1. The minimum atomic E-state index is -3.57. The minimum Gasteiger partial charge on any atom is -0.481 e. The maximum Gasteiger partial charge on any atom is 0.312 e. The van der Waals surface area contributed by atoms with Gasteiger partial charge in [0.1, 0.15) is 0 Å². The Morgan fingerprint density at radius 1 is 1.21 bits per heavy atom. The van der Waals surface area contributed by atoms with Gasteiger partial charge in [0.05, 0.1) is 5.92 Å². The Kier molecular flexibility index (Phi) is 4.15. The fourth-order valence-corrected chi connectivity index (χ4v) is 5.43. The van der Waals surface area contributed by atoms with Gasteiger partial charge in [-0.2, -0.15) is 0 Å². The molecule has 2 aliphatic rings. The van der Waals surface area contributed by atoms with Crippen molar-refractivity contribution in [2.24, 2.45) is 0 Å². The summed E-state index contributed by atoms with van der Waals surface area (Å²) in [7, 11) is -3.57. The Morgan fingerprint density at radius 2 is 1.83 bits per heavy atom. The van der Waals surface area contributed by atoms with Crippen LogP contribution in [0, 0.1) is 0 Å². The molecule has 1 N–H and O–H groups in total. The van der Waals surface area contributed by atoms with Gasteiger partial charge in [0.2, 0.25) is 5.91 Å². The summed E-state index contributed by atoms with van der Waals surface area (Å²) in [5.41, 5.74) is 1.47. The van der Waals surface area contributed by atoms with Crippen molar-refractivity contribution >= 4 is 21.7 Å². The third-order valence-electron chi connectivity index (χ3n) is 5.29. The van der Waals surface area contributed by atoms with Gasteiger partial charge in [-0.25, -0.2) is 8.42 Å². The van der Waals surface area contributed by atoms with Crippen molar-refractivity contribution in [2.45, 2.75) is 42.9 Å². The Balaban J connectivity index is 1.99. The lowest BCUT2D eigenvalue weighted by atomic mass is 9.89. The second-order valence-electron chi connectivity index (χ2n) is 6.75. The molecular weight excluding hydrogens is 330 g/mol. The van der Waals surface area contributed by atoms with Crippen LogP contribution < -0.4 is 0 Å². The van der Waals surface area contributed by atoms with E-state index < -0.39 is 32.4 Å². The third-order valence-corrected chi connectivity index (χ3v) is 7.29. The van der Waals surface area contributed by atoms with E-state index in [1.165, 1.54) is 4.90 Å².